The number of aliphatic imine (C=N–C) groups is 1. The van der Waals surface area contributed by atoms with E-state index in [4.69, 9.17) is 0 Å². The number of aromatic hydroxyl groups is 1. The maximum atomic E-state index is 13.0. The third kappa shape index (κ3) is 4.27. The fourth-order valence-electron chi connectivity index (χ4n) is 3.49. The summed E-state index contributed by atoms with van der Waals surface area (Å²) < 4.78 is 0. The molecule has 7 heteroatoms. The van der Waals surface area contributed by atoms with Crippen LogP contribution in [0.5, 0.6) is 5.75 Å². The van der Waals surface area contributed by atoms with Gasteiger partial charge in [-0.05, 0) is 66.6 Å². The Morgan fingerprint density at radius 1 is 1.03 bits per heavy atom. The van der Waals surface area contributed by atoms with Crippen LogP contribution in [0, 0.1) is 6.92 Å². The molecule has 1 unspecified atom stereocenters. The summed E-state index contributed by atoms with van der Waals surface area (Å²) in [5, 5.41) is 15.3. The van der Waals surface area contributed by atoms with Gasteiger partial charge in [-0.15, -0.1) is 0 Å². The topological polar surface area (TPSA) is 108 Å². The summed E-state index contributed by atoms with van der Waals surface area (Å²) in [5.41, 5.74) is 4.08. The van der Waals surface area contributed by atoms with Crippen molar-refractivity contribution in [1.29, 1.82) is 0 Å². The molecule has 0 spiro atoms. The normalized spacial score (nSPS) is 14.8. The van der Waals surface area contributed by atoms with Crippen molar-refractivity contribution in [2.75, 3.05) is 10.6 Å². The van der Waals surface area contributed by atoms with Gasteiger partial charge in [-0.2, -0.15) is 0 Å². The SMILES string of the molecule is CC(=O)Nc1ccc(C(=O)c2ccc3c(c2)C(C=Nc2ccc(C)c(O)c2)C(=O)N3)cc1. The summed E-state index contributed by atoms with van der Waals surface area (Å²) in [5.74, 6) is -1.13. The first-order chi connectivity index (χ1) is 15.3. The number of carbonyl (C=O) groups is 3. The average molecular weight is 427 g/mol. The van der Waals surface area contributed by atoms with Crippen molar-refractivity contribution < 1.29 is 19.5 Å². The Balaban J connectivity index is 1.59. The zero-order valence-electron chi connectivity index (χ0n) is 17.5. The number of fused-ring (bicyclic) bond motifs is 1. The van der Waals surface area contributed by atoms with Gasteiger partial charge >= 0.3 is 0 Å². The number of aryl methyl sites for hydroxylation is 1. The van der Waals surface area contributed by atoms with Crippen LogP contribution >= 0.6 is 0 Å². The quantitative estimate of drug-likeness (QED) is 0.416. The van der Waals surface area contributed by atoms with E-state index in [1.54, 1.807) is 61.5 Å². The van der Waals surface area contributed by atoms with E-state index in [1.807, 2.05) is 0 Å². The number of nitrogens with zero attached hydrogens (tertiary/aromatic N) is 1. The highest BCUT2D eigenvalue weighted by Gasteiger charge is 2.30. The molecule has 160 valence electrons. The zero-order valence-corrected chi connectivity index (χ0v) is 17.5. The molecular formula is C25H21N3O4. The van der Waals surface area contributed by atoms with Crippen molar-refractivity contribution in [1.82, 2.24) is 0 Å². The maximum absolute atomic E-state index is 13.0. The minimum atomic E-state index is -0.650. The number of hydrogen-bond acceptors (Lipinski definition) is 5. The van der Waals surface area contributed by atoms with Crippen LogP contribution in [-0.4, -0.2) is 28.9 Å². The highest BCUT2D eigenvalue weighted by atomic mass is 16.3. The number of amides is 2. The molecule has 3 aromatic rings. The van der Waals surface area contributed by atoms with Gasteiger partial charge in [-0.25, -0.2) is 0 Å². The van der Waals surface area contributed by atoms with Gasteiger partial charge in [-0.1, -0.05) is 6.07 Å². The molecule has 0 aromatic heterocycles. The molecule has 0 fully saturated rings. The summed E-state index contributed by atoms with van der Waals surface area (Å²) in [6.07, 6.45) is 1.52. The standard InChI is InChI=1S/C25H21N3O4/c1-14-3-7-19(12-23(14)30)26-13-21-20-11-17(6-10-22(20)28-25(21)32)24(31)16-4-8-18(9-5-16)27-15(2)29/h3-13,21,30H,1-2H3,(H,27,29)(H,28,32). The fourth-order valence-corrected chi connectivity index (χ4v) is 3.49. The molecule has 1 heterocycles. The highest BCUT2D eigenvalue weighted by molar-refractivity contribution is 6.15. The molecule has 3 N–H and O–H groups in total. The lowest BCUT2D eigenvalue weighted by molar-refractivity contribution is -0.116. The third-order valence-corrected chi connectivity index (χ3v) is 5.22. The van der Waals surface area contributed by atoms with Gasteiger partial charge in [0, 0.05) is 41.7 Å². The molecule has 0 aliphatic carbocycles. The van der Waals surface area contributed by atoms with E-state index >= 15 is 0 Å². The maximum Gasteiger partial charge on any atom is 0.237 e. The summed E-state index contributed by atoms with van der Waals surface area (Å²) >= 11 is 0. The first-order valence-electron chi connectivity index (χ1n) is 10.0. The van der Waals surface area contributed by atoms with Crippen molar-refractivity contribution in [3.63, 3.8) is 0 Å². The van der Waals surface area contributed by atoms with Crippen molar-refractivity contribution in [3.05, 3.63) is 82.9 Å². The van der Waals surface area contributed by atoms with Crippen LogP contribution in [0.4, 0.5) is 17.1 Å². The van der Waals surface area contributed by atoms with E-state index in [9.17, 15) is 19.5 Å². The Morgan fingerprint density at radius 3 is 2.44 bits per heavy atom. The molecule has 1 atom stereocenters. The van der Waals surface area contributed by atoms with E-state index in [0.717, 1.165) is 5.56 Å². The lowest BCUT2D eigenvalue weighted by atomic mass is 9.96. The molecule has 0 saturated heterocycles. The van der Waals surface area contributed by atoms with Crippen LogP contribution in [0.2, 0.25) is 0 Å². The zero-order chi connectivity index (χ0) is 22.8. The van der Waals surface area contributed by atoms with Gasteiger partial charge in [0.1, 0.15) is 11.7 Å². The monoisotopic (exact) mass is 427 g/mol. The first kappa shape index (κ1) is 21.0. The molecule has 1 aliphatic rings. The average Bonchev–Trinajstić information content (AvgIpc) is 3.08. The summed E-state index contributed by atoms with van der Waals surface area (Å²) in [4.78, 5) is 40.9. The molecule has 0 bridgehead atoms. The molecule has 32 heavy (non-hydrogen) atoms. The molecule has 4 rings (SSSR count). The van der Waals surface area contributed by atoms with E-state index in [-0.39, 0.29) is 23.3 Å². The van der Waals surface area contributed by atoms with E-state index < -0.39 is 5.92 Å². The predicted octanol–water partition coefficient (Wildman–Crippen LogP) is 4.33. The largest absolute Gasteiger partial charge is 0.508 e. The first-order valence-corrected chi connectivity index (χ1v) is 10.0. The van der Waals surface area contributed by atoms with Crippen LogP contribution in [-0.2, 0) is 9.59 Å². The third-order valence-electron chi connectivity index (χ3n) is 5.22. The van der Waals surface area contributed by atoms with Crippen molar-refractivity contribution in [3.8, 4) is 5.75 Å². The molecule has 0 radical (unpaired) electrons. The van der Waals surface area contributed by atoms with Crippen molar-refractivity contribution in [2.24, 2.45) is 4.99 Å². The minimum absolute atomic E-state index is 0.133. The summed E-state index contributed by atoms with van der Waals surface area (Å²) in [6, 6.07) is 16.7. The van der Waals surface area contributed by atoms with E-state index in [1.165, 1.54) is 19.2 Å². The smallest absolute Gasteiger partial charge is 0.237 e. The molecular weight excluding hydrogens is 406 g/mol. The summed E-state index contributed by atoms with van der Waals surface area (Å²) in [7, 11) is 0. The second-order valence-corrected chi connectivity index (χ2v) is 7.61. The number of benzene rings is 3. The van der Waals surface area contributed by atoms with Crippen molar-refractivity contribution in [2.45, 2.75) is 19.8 Å². The fraction of sp³-hybridized carbons (Fsp3) is 0.120. The Bertz CT molecular complexity index is 1260. The second kappa shape index (κ2) is 8.47. The number of hydrogen-bond donors (Lipinski definition) is 3. The van der Waals surface area contributed by atoms with E-state index in [2.05, 4.69) is 15.6 Å². The van der Waals surface area contributed by atoms with Gasteiger partial charge in [0.15, 0.2) is 5.78 Å². The van der Waals surface area contributed by atoms with Crippen LogP contribution in [0.15, 0.2) is 65.7 Å². The Labute approximate surface area is 184 Å². The van der Waals surface area contributed by atoms with Crippen LogP contribution in [0.1, 0.15) is 39.9 Å². The highest BCUT2D eigenvalue weighted by Crippen LogP contribution is 2.33. The lowest BCUT2D eigenvalue weighted by Gasteiger charge is -2.07. The molecule has 3 aromatic carbocycles. The van der Waals surface area contributed by atoms with Gasteiger partial charge in [-0.3, -0.25) is 19.4 Å². The number of anilines is 2. The number of nitrogens with one attached hydrogen (secondary N) is 2. The van der Waals surface area contributed by atoms with Gasteiger partial charge < -0.3 is 15.7 Å². The Morgan fingerprint density at radius 2 is 1.75 bits per heavy atom. The number of phenols is 1. The molecule has 7 nitrogen and oxygen atoms in total. The molecule has 1 aliphatic heterocycles. The number of carbonyl (C=O) groups excluding carboxylic acids is 3. The molecule has 0 saturated carbocycles. The number of ketones is 1. The van der Waals surface area contributed by atoms with Crippen molar-refractivity contribution >= 4 is 40.9 Å². The Kier molecular flexibility index (Phi) is 5.55. The van der Waals surface area contributed by atoms with Crippen LogP contribution in [0.3, 0.4) is 0 Å². The second-order valence-electron chi connectivity index (χ2n) is 7.61. The Hall–Kier alpha value is -4.26. The van der Waals surface area contributed by atoms with E-state index in [0.29, 0.717) is 33.8 Å². The van der Waals surface area contributed by atoms with Crippen LogP contribution < -0.4 is 10.6 Å². The molecule has 2 amide bonds. The van der Waals surface area contributed by atoms with Gasteiger partial charge in [0.05, 0.1) is 5.69 Å². The van der Waals surface area contributed by atoms with Crippen LogP contribution in [0.25, 0.3) is 0 Å². The number of rotatable bonds is 5. The minimum Gasteiger partial charge on any atom is -0.508 e. The number of phenolic OH excluding ortho intramolecular Hbond substituents is 1. The van der Waals surface area contributed by atoms with Gasteiger partial charge in [0.25, 0.3) is 0 Å². The summed E-state index contributed by atoms with van der Waals surface area (Å²) in [6.45, 7) is 3.20. The predicted molar refractivity (Wildman–Crippen MR) is 123 cm³/mol. The lowest BCUT2D eigenvalue weighted by Crippen LogP contribution is -2.13. The van der Waals surface area contributed by atoms with Gasteiger partial charge in [0.2, 0.25) is 11.8 Å².